The Labute approximate surface area is 656 Å². The average molecular weight is 1610 g/mol. The lowest BCUT2D eigenvalue weighted by molar-refractivity contribution is -0.143. The van der Waals surface area contributed by atoms with E-state index in [9.17, 15) is 57.6 Å². The minimum absolute atomic E-state index is 0.0536. The maximum Gasteiger partial charge on any atom is 0.333 e. The van der Waals surface area contributed by atoms with Crippen molar-refractivity contribution in [3.8, 4) is 23.0 Å². The van der Waals surface area contributed by atoms with E-state index >= 15 is 0 Å². The van der Waals surface area contributed by atoms with Crippen LogP contribution in [0.3, 0.4) is 0 Å². The van der Waals surface area contributed by atoms with E-state index in [4.69, 9.17) is 23.7 Å². The second-order valence-corrected chi connectivity index (χ2v) is 34.2. The molecule has 8 aromatic carbocycles. The second kappa shape index (κ2) is 39.5. The van der Waals surface area contributed by atoms with Crippen molar-refractivity contribution in [2.45, 2.75) is 178 Å². The zero-order chi connectivity index (χ0) is 80.8. The molecule has 26 nitrogen and oxygen atoms in total. The average Bonchev–Trinajstić information content (AvgIpc) is 0.769. The molecule has 0 spiro atoms. The summed E-state index contributed by atoms with van der Waals surface area (Å²) >= 11 is 0. The van der Waals surface area contributed by atoms with Gasteiger partial charge in [-0.05, 0) is 164 Å². The molecule has 0 atom stereocenters. The number of carbonyl (C=O) groups is 5. The number of urea groups is 4. The maximum atomic E-state index is 14.4. The quantitative estimate of drug-likeness (QED) is 0.0137. The zero-order valence-electron chi connectivity index (χ0n) is 64.2. The van der Waals surface area contributed by atoms with Gasteiger partial charge in [0.15, 0.2) is 0 Å². The van der Waals surface area contributed by atoms with E-state index in [0.717, 1.165) is 67.2 Å². The van der Waals surface area contributed by atoms with Gasteiger partial charge in [0.2, 0.25) is 0 Å². The molecule has 1 aliphatic rings. The van der Waals surface area contributed by atoms with Gasteiger partial charge in [-0.15, -0.1) is 0 Å². The van der Waals surface area contributed by atoms with Crippen LogP contribution in [0.5, 0.6) is 23.0 Å². The van der Waals surface area contributed by atoms with Gasteiger partial charge in [0.05, 0.1) is 52.6 Å². The van der Waals surface area contributed by atoms with Gasteiger partial charge in [0, 0.05) is 99.4 Å². The Balaban J connectivity index is 1.28. The van der Waals surface area contributed by atoms with Crippen molar-refractivity contribution in [2.24, 2.45) is 0 Å². The van der Waals surface area contributed by atoms with Gasteiger partial charge in [-0.2, -0.15) is 0 Å². The molecule has 0 saturated carbocycles. The third-order valence-corrected chi connectivity index (χ3v) is 23.3. The van der Waals surface area contributed by atoms with Gasteiger partial charge in [-0.25, -0.2) is 71.7 Å². The van der Waals surface area contributed by atoms with Crippen LogP contribution in [0.4, 0.5) is 41.9 Å². The van der Waals surface area contributed by atoms with Crippen LogP contribution in [-0.4, -0.2) is 96.8 Å². The number of benzene rings is 8. The van der Waals surface area contributed by atoms with Crippen molar-refractivity contribution in [3.63, 3.8) is 0 Å². The summed E-state index contributed by atoms with van der Waals surface area (Å²) in [7, 11) is -17.9. The molecule has 8 N–H and O–H groups in total. The van der Waals surface area contributed by atoms with Crippen molar-refractivity contribution >= 4 is 92.9 Å². The number of fused-ring (bicyclic) bond motifs is 8. The molecule has 0 saturated heterocycles. The molecule has 0 unspecified atom stereocenters. The summed E-state index contributed by atoms with van der Waals surface area (Å²) in [6.07, 6.45) is 7.60. The lowest BCUT2D eigenvalue weighted by Crippen LogP contribution is -2.34. The molecule has 0 aliphatic heterocycles. The molecule has 0 radical (unpaired) electrons. The Morgan fingerprint density at radius 3 is 0.741 bits per heavy atom. The predicted molar refractivity (Wildman–Crippen MR) is 430 cm³/mol. The first kappa shape index (κ1) is 85.3. The summed E-state index contributed by atoms with van der Waals surface area (Å²) in [4.78, 5) is 68.7. The van der Waals surface area contributed by atoms with E-state index in [1.165, 1.54) is 48.5 Å². The Hall–Kier alpha value is -10.7. The highest BCUT2D eigenvalue weighted by molar-refractivity contribution is 7.91. The predicted octanol–water partition coefficient (Wildman–Crippen LogP) is 15.5. The van der Waals surface area contributed by atoms with Gasteiger partial charge >= 0.3 is 30.1 Å². The number of carbonyl (C=O) groups excluding carboxylic acids is 5. The van der Waals surface area contributed by atoms with Gasteiger partial charge in [-0.1, -0.05) is 130 Å². The number of esters is 1. The first-order chi connectivity index (χ1) is 53.4. The number of hydrogen-bond acceptors (Lipinski definition) is 18. The first-order valence-electron chi connectivity index (χ1n) is 37.4. The summed E-state index contributed by atoms with van der Waals surface area (Å²) in [6, 6.07) is 31.7. The van der Waals surface area contributed by atoms with E-state index < -0.39 is 64.2 Å². The van der Waals surface area contributed by atoms with Gasteiger partial charge < -0.3 is 45.0 Å². The van der Waals surface area contributed by atoms with Crippen molar-refractivity contribution in [2.75, 3.05) is 54.3 Å². The van der Waals surface area contributed by atoms with Crippen LogP contribution in [0, 0.1) is 27.7 Å². The van der Waals surface area contributed by atoms with Crippen molar-refractivity contribution in [1.29, 1.82) is 0 Å². The number of amides is 8. The minimum Gasteiger partial charge on any atom is -0.493 e. The molecule has 598 valence electrons. The Morgan fingerprint density at radius 2 is 0.518 bits per heavy atom. The molecule has 8 bridgehead atoms. The highest BCUT2D eigenvalue weighted by Crippen LogP contribution is 2.43. The first-order valence-corrected chi connectivity index (χ1v) is 43.3. The molecular formula is C82H98N8O18S4. The molecule has 8 aromatic rings. The smallest absolute Gasteiger partial charge is 0.333 e. The lowest BCUT2D eigenvalue weighted by atomic mass is 9.90. The van der Waals surface area contributed by atoms with E-state index in [2.05, 4.69) is 40.2 Å². The molecule has 1 aliphatic carbocycles. The van der Waals surface area contributed by atoms with Crippen molar-refractivity contribution in [3.05, 3.63) is 212 Å². The highest BCUT2D eigenvalue weighted by atomic mass is 32.2. The van der Waals surface area contributed by atoms with Gasteiger partial charge in [0.25, 0.3) is 40.1 Å². The number of hydrogen-bond donors (Lipinski definition) is 8. The van der Waals surface area contributed by atoms with Gasteiger partial charge in [-0.3, -0.25) is 4.79 Å². The van der Waals surface area contributed by atoms with Crippen molar-refractivity contribution < 1.29 is 81.3 Å². The number of nitrogens with one attached hydrogen (secondary N) is 8. The second-order valence-electron chi connectivity index (χ2n) is 27.5. The molecule has 0 heterocycles. The molecule has 8 amide bonds. The van der Waals surface area contributed by atoms with E-state index in [0.29, 0.717) is 83.2 Å². The number of ether oxygens (including phenoxy) is 5. The third kappa shape index (κ3) is 24.4. The fourth-order valence-electron chi connectivity index (χ4n) is 12.6. The SMILES string of the molecule is CCCOc1c2cc(NC(=O)NS(=O)(=O)c3ccc(C)cc3)cc1Cc1cc(NC(=O)NS(=O)(=O)c3ccc(C)cc3)cc(c1OCCC)Cc1cc(NC(=O)NS(=O)(=O)c3ccc(C)cc3)cc(c1OCCCCCCCCCCC(=O)OCC)Cc1cc(NC(=O)NS(=O)(=O)c3ccc(C)cc3)cc(c1OCCC)C2. The number of anilines is 4. The van der Waals surface area contributed by atoms with Crippen LogP contribution in [0.15, 0.2) is 165 Å². The topological polar surface area (TPSA) is 364 Å². The summed E-state index contributed by atoms with van der Waals surface area (Å²) in [6.45, 7) is 15.4. The Bertz CT molecular complexity index is 4960. The molecular weight excluding hydrogens is 1510 g/mol. The van der Waals surface area contributed by atoms with Crippen LogP contribution in [0.2, 0.25) is 0 Å². The van der Waals surface area contributed by atoms with Crippen LogP contribution in [-0.2, 0) is 75.3 Å². The molecule has 30 heteroatoms. The Kier molecular flexibility index (Phi) is 30.1. The molecule has 9 rings (SSSR count). The van der Waals surface area contributed by atoms with Crippen LogP contribution >= 0.6 is 0 Å². The third-order valence-electron chi connectivity index (χ3n) is 17.9. The molecule has 0 aromatic heterocycles. The number of sulfonamides is 4. The summed E-state index contributed by atoms with van der Waals surface area (Å²) < 4.78 is 152. The summed E-state index contributed by atoms with van der Waals surface area (Å²) in [5, 5.41) is 11.0. The molecule has 112 heavy (non-hydrogen) atoms. The van der Waals surface area contributed by atoms with E-state index in [1.807, 2.05) is 20.8 Å². The largest absolute Gasteiger partial charge is 0.493 e. The van der Waals surface area contributed by atoms with E-state index in [-0.39, 0.29) is 123 Å². The van der Waals surface area contributed by atoms with E-state index in [1.54, 1.807) is 132 Å². The summed E-state index contributed by atoms with van der Waals surface area (Å²) in [5.74, 6) is 0.861. The number of aryl methyl sites for hydroxylation is 4. The highest BCUT2D eigenvalue weighted by Gasteiger charge is 2.29. The number of unbranched alkanes of at least 4 members (excludes halogenated alkanes) is 7. The van der Waals surface area contributed by atoms with Crippen LogP contribution in [0.25, 0.3) is 0 Å². The van der Waals surface area contributed by atoms with Crippen LogP contribution in [0.1, 0.15) is 172 Å². The summed E-state index contributed by atoms with van der Waals surface area (Å²) in [5.41, 5.74) is 6.16. The van der Waals surface area contributed by atoms with Crippen LogP contribution < -0.4 is 59.1 Å². The number of rotatable bonds is 34. The Morgan fingerprint density at radius 1 is 0.304 bits per heavy atom. The monoisotopic (exact) mass is 1610 g/mol. The van der Waals surface area contributed by atoms with Crippen molar-refractivity contribution in [1.82, 2.24) is 18.9 Å². The normalized spacial score (nSPS) is 12.1. The standard InChI is InChI=1S/C82H98N8O18S4/c1-9-38-105-75-58-42-60-48-67(84-80(93)88-110(98,99)71-32-24-55(6)25-33-71)50-62(76(60)106-39-10-2)44-64-52-69(86-82(95)90-112(102,103)73-36-28-57(8)29-37-73)53-65(78(64)108-41-20-18-16-14-13-15-17-19-21-74(91)104-12-4)45-63-51-68(85-81(94)89-111(100,101)72-34-26-56(7)27-35-72)49-61(77(63)107-40-11-3)43-59(75)47-66(46-58)83-79(92)87-109(96,97)70-30-22-54(5)23-31-70/h22-37,46-53H,9-21,38-45H2,1-8H3,(H2,83,87,92)(H2,84,88,93)(H2,85,89,94)(H2,86,90,95). The fraction of sp³-hybridized carbons (Fsp3) is 0.354. The minimum atomic E-state index is -4.49. The maximum absolute atomic E-state index is 14.4. The molecule has 0 fully saturated rings. The lowest BCUT2D eigenvalue weighted by Gasteiger charge is -2.25. The van der Waals surface area contributed by atoms with Gasteiger partial charge in [0.1, 0.15) is 23.0 Å². The fourth-order valence-corrected chi connectivity index (χ4v) is 16.2. The zero-order valence-corrected chi connectivity index (χ0v) is 67.5.